The van der Waals surface area contributed by atoms with E-state index < -0.39 is 0 Å². The highest BCUT2D eigenvalue weighted by molar-refractivity contribution is 7.14. The summed E-state index contributed by atoms with van der Waals surface area (Å²) in [4.78, 5) is 26.6. The lowest BCUT2D eigenvalue weighted by molar-refractivity contribution is -0.115. The summed E-state index contributed by atoms with van der Waals surface area (Å²) < 4.78 is 0. The number of carbonyl (C=O) groups is 1. The summed E-state index contributed by atoms with van der Waals surface area (Å²) in [7, 11) is 0. The van der Waals surface area contributed by atoms with Gasteiger partial charge in [-0.25, -0.2) is 20.4 Å². The molecule has 1 aromatic carbocycles. The van der Waals surface area contributed by atoms with Crippen molar-refractivity contribution in [2.45, 2.75) is 20.8 Å². The summed E-state index contributed by atoms with van der Waals surface area (Å²) >= 11 is 1.38. The van der Waals surface area contributed by atoms with E-state index in [1.54, 1.807) is 11.1 Å². The SMILES string of the molecule is CC(=O)N(c1ccccc1)c1nc(/C=N\Nc2nc(C)cc(C)n2)cs1. The highest BCUT2D eigenvalue weighted by Crippen LogP contribution is 2.28. The number of thiazole rings is 1. The Hall–Kier alpha value is -3.13. The quantitative estimate of drug-likeness (QED) is 0.550. The molecule has 0 atom stereocenters. The molecular weight excluding hydrogens is 348 g/mol. The lowest BCUT2D eigenvalue weighted by atomic mass is 10.3. The van der Waals surface area contributed by atoms with Gasteiger partial charge in [-0.15, -0.1) is 11.3 Å². The monoisotopic (exact) mass is 366 g/mol. The second-order valence-electron chi connectivity index (χ2n) is 5.59. The van der Waals surface area contributed by atoms with Crippen molar-refractivity contribution in [3.63, 3.8) is 0 Å². The Bertz CT molecular complexity index is 918. The van der Waals surface area contributed by atoms with Gasteiger partial charge < -0.3 is 0 Å². The average Bonchev–Trinajstić information content (AvgIpc) is 3.03. The smallest absolute Gasteiger partial charge is 0.243 e. The molecule has 0 saturated heterocycles. The number of para-hydroxylation sites is 1. The highest BCUT2D eigenvalue weighted by Gasteiger charge is 2.17. The summed E-state index contributed by atoms with van der Waals surface area (Å²) in [5.41, 5.74) is 5.95. The predicted molar refractivity (Wildman–Crippen MR) is 104 cm³/mol. The number of nitrogens with zero attached hydrogens (tertiary/aromatic N) is 5. The molecule has 0 saturated carbocycles. The lowest BCUT2D eigenvalue weighted by Crippen LogP contribution is -2.22. The maximum Gasteiger partial charge on any atom is 0.243 e. The predicted octanol–water partition coefficient (Wildman–Crippen LogP) is 3.68. The van der Waals surface area contributed by atoms with Crippen LogP contribution < -0.4 is 10.3 Å². The van der Waals surface area contributed by atoms with Gasteiger partial charge in [0.05, 0.1) is 17.6 Å². The summed E-state index contributed by atoms with van der Waals surface area (Å²) in [6.07, 6.45) is 1.57. The van der Waals surface area contributed by atoms with Gasteiger partial charge in [-0.1, -0.05) is 18.2 Å². The van der Waals surface area contributed by atoms with Crippen LogP contribution in [-0.2, 0) is 4.79 Å². The molecule has 2 aromatic heterocycles. The fraction of sp³-hybridized carbons (Fsp3) is 0.167. The first-order chi connectivity index (χ1) is 12.5. The van der Waals surface area contributed by atoms with Gasteiger partial charge in [0.15, 0.2) is 5.13 Å². The topological polar surface area (TPSA) is 83.4 Å². The molecule has 1 amide bonds. The van der Waals surface area contributed by atoms with Crippen molar-refractivity contribution in [3.05, 3.63) is 58.9 Å². The number of carbonyl (C=O) groups excluding carboxylic acids is 1. The minimum absolute atomic E-state index is 0.101. The molecule has 7 nitrogen and oxygen atoms in total. The number of nitrogens with one attached hydrogen (secondary N) is 1. The van der Waals surface area contributed by atoms with E-state index in [0.717, 1.165) is 17.1 Å². The van der Waals surface area contributed by atoms with Crippen LogP contribution in [0.2, 0.25) is 0 Å². The number of rotatable bonds is 5. The van der Waals surface area contributed by atoms with Crippen LogP contribution in [0.3, 0.4) is 0 Å². The number of amides is 1. The van der Waals surface area contributed by atoms with E-state index in [1.165, 1.54) is 18.3 Å². The standard InChI is InChI=1S/C18H18N6OS/c1-12-9-13(2)21-17(20-12)23-19-10-15-11-26-18(22-15)24(14(3)25)16-7-5-4-6-8-16/h4-11H,1-3H3,(H,20,21,23)/b19-10-. The molecule has 26 heavy (non-hydrogen) atoms. The van der Waals surface area contributed by atoms with Gasteiger partial charge >= 0.3 is 0 Å². The first-order valence-corrected chi connectivity index (χ1v) is 8.83. The maximum atomic E-state index is 12.0. The number of hydrazone groups is 1. The Morgan fingerprint density at radius 1 is 1.15 bits per heavy atom. The van der Waals surface area contributed by atoms with E-state index in [1.807, 2.05) is 55.6 Å². The fourth-order valence-electron chi connectivity index (χ4n) is 2.37. The van der Waals surface area contributed by atoms with Gasteiger partial charge in [0.25, 0.3) is 0 Å². The summed E-state index contributed by atoms with van der Waals surface area (Å²) in [5.74, 6) is 0.333. The molecule has 0 aliphatic rings. The largest absolute Gasteiger partial charge is 0.274 e. The molecule has 0 aliphatic heterocycles. The minimum atomic E-state index is -0.101. The number of hydrogen-bond donors (Lipinski definition) is 1. The van der Waals surface area contributed by atoms with Crippen LogP contribution in [0.5, 0.6) is 0 Å². The van der Waals surface area contributed by atoms with Crippen molar-refractivity contribution in [2.75, 3.05) is 10.3 Å². The second kappa shape index (κ2) is 7.83. The third-order valence-electron chi connectivity index (χ3n) is 3.37. The Morgan fingerprint density at radius 3 is 2.50 bits per heavy atom. The fourth-order valence-corrected chi connectivity index (χ4v) is 3.21. The first-order valence-electron chi connectivity index (χ1n) is 7.95. The molecule has 1 N–H and O–H groups in total. The Kier molecular flexibility index (Phi) is 5.33. The van der Waals surface area contributed by atoms with Crippen LogP contribution in [-0.4, -0.2) is 27.1 Å². The summed E-state index contributed by atoms with van der Waals surface area (Å²) in [5, 5.41) is 6.55. The van der Waals surface area contributed by atoms with Gasteiger partial charge in [-0.2, -0.15) is 5.10 Å². The number of hydrogen-bond acceptors (Lipinski definition) is 7. The zero-order valence-electron chi connectivity index (χ0n) is 14.7. The molecule has 0 bridgehead atoms. The summed E-state index contributed by atoms with van der Waals surface area (Å²) in [6.45, 7) is 5.31. The van der Waals surface area contributed by atoms with Crippen LogP contribution >= 0.6 is 11.3 Å². The van der Waals surface area contributed by atoms with E-state index in [0.29, 0.717) is 16.8 Å². The molecule has 8 heteroatoms. The molecular formula is C18H18N6OS. The molecule has 0 fully saturated rings. The molecule has 2 heterocycles. The number of anilines is 3. The van der Waals surface area contributed by atoms with Crippen molar-refractivity contribution in [1.82, 2.24) is 15.0 Å². The van der Waals surface area contributed by atoms with Crippen LogP contribution in [0.15, 0.2) is 46.9 Å². The van der Waals surface area contributed by atoms with Gasteiger partial charge in [0, 0.05) is 23.7 Å². The van der Waals surface area contributed by atoms with E-state index in [4.69, 9.17) is 0 Å². The second-order valence-corrected chi connectivity index (χ2v) is 6.43. The van der Waals surface area contributed by atoms with Gasteiger partial charge in [-0.05, 0) is 32.0 Å². The van der Waals surface area contributed by atoms with Gasteiger partial charge in [0.1, 0.15) is 0 Å². The van der Waals surface area contributed by atoms with Crippen molar-refractivity contribution < 1.29 is 4.79 Å². The molecule has 0 radical (unpaired) electrons. The van der Waals surface area contributed by atoms with Crippen molar-refractivity contribution >= 4 is 40.2 Å². The first kappa shape index (κ1) is 17.7. The Labute approximate surface area is 155 Å². The van der Waals surface area contributed by atoms with Gasteiger partial charge in [0.2, 0.25) is 11.9 Å². The minimum Gasteiger partial charge on any atom is -0.274 e. The number of benzene rings is 1. The van der Waals surface area contributed by atoms with E-state index >= 15 is 0 Å². The molecule has 3 rings (SSSR count). The molecule has 132 valence electrons. The molecule has 0 unspecified atom stereocenters. The zero-order chi connectivity index (χ0) is 18.5. The highest BCUT2D eigenvalue weighted by atomic mass is 32.1. The van der Waals surface area contributed by atoms with Crippen LogP contribution in [0, 0.1) is 13.8 Å². The third-order valence-corrected chi connectivity index (χ3v) is 4.22. The number of aryl methyl sites for hydroxylation is 2. The van der Waals surface area contributed by atoms with Crippen molar-refractivity contribution in [3.8, 4) is 0 Å². The van der Waals surface area contributed by atoms with Crippen LogP contribution in [0.1, 0.15) is 24.0 Å². The van der Waals surface area contributed by atoms with Crippen molar-refractivity contribution in [2.24, 2.45) is 5.10 Å². The molecule has 3 aromatic rings. The van der Waals surface area contributed by atoms with E-state index in [9.17, 15) is 4.79 Å². The Balaban J connectivity index is 1.75. The Morgan fingerprint density at radius 2 is 1.85 bits per heavy atom. The maximum absolute atomic E-state index is 12.0. The normalized spacial score (nSPS) is 10.9. The number of aromatic nitrogens is 3. The van der Waals surface area contributed by atoms with E-state index in [-0.39, 0.29) is 5.91 Å². The molecule has 0 spiro atoms. The van der Waals surface area contributed by atoms with E-state index in [2.05, 4.69) is 25.5 Å². The third kappa shape index (κ3) is 4.28. The van der Waals surface area contributed by atoms with Crippen molar-refractivity contribution in [1.29, 1.82) is 0 Å². The van der Waals surface area contributed by atoms with Crippen LogP contribution in [0.4, 0.5) is 16.8 Å². The lowest BCUT2D eigenvalue weighted by Gasteiger charge is -2.17. The summed E-state index contributed by atoms with van der Waals surface area (Å²) in [6, 6.07) is 11.3. The zero-order valence-corrected chi connectivity index (χ0v) is 15.5. The van der Waals surface area contributed by atoms with Gasteiger partial charge in [-0.3, -0.25) is 9.69 Å². The average molecular weight is 366 g/mol. The van der Waals surface area contributed by atoms with Crippen LogP contribution in [0.25, 0.3) is 0 Å². The molecule has 0 aliphatic carbocycles.